The van der Waals surface area contributed by atoms with Crippen LogP contribution in [0.1, 0.15) is 30.7 Å². The second-order valence-electron chi connectivity index (χ2n) is 4.92. The second kappa shape index (κ2) is 6.95. The molecule has 0 aliphatic rings. The highest BCUT2D eigenvalue weighted by molar-refractivity contribution is 5.15. The molecule has 0 radical (unpaired) electrons. The minimum atomic E-state index is 0.219. The van der Waals surface area contributed by atoms with Gasteiger partial charge < -0.3 is 9.73 Å². The van der Waals surface area contributed by atoms with Crippen LogP contribution in [0, 0.1) is 0 Å². The molecule has 0 unspecified atom stereocenters. The van der Waals surface area contributed by atoms with Gasteiger partial charge in [-0.25, -0.2) is 0 Å². The third-order valence-corrected chi connectivity index (χ3v) is 3.09. The van der Waals surface area contributed by atoms with E-state index in [4.69, 9.17) is 4.42 Å². The van der Waals surface area contributed by atoms with Gasteiger partial charge in [-0.3, -0.25) is 0 Å². The molecule has 0 saturated carbocycles. The molecule has 100 valence electrons. The molecule has 0 spiro atoms. The SMILES string of the molecule is C=C(C)C[C@H](NCCc1ccccc1)c1ccco1. The highest BCUT2D eigenvalue weighted by atomic mass is 16.3. The quantitative estimate of drug-likeness (QED) is 0.753. The zero-order chi connectivity index (χ0) is 13.5. The lowest BCUT2D eigenvalue weighted by molar-refractivity contribution is 0.411. The van der Waals surface area contributed by atoms with Crippen LogP contribution in [-0.2, 0) is 6.42 Å². The molecule has 0 amide bonds. The summed E-state index contributed by atoms with van der Waals surface area (Å²) in [6, 6.07) is 14.7. The number of furan rings is 1. The Morgan fingerprint density at radius 1 is 1.21 bits per heavy atom. The highest BCUT2D eigenvalue weighted by Crippen LogP contribution is 2.20. The molecule has 2 aromatic rings. The molecule has 2 rings (SSSR count). The van der Waals surface area contributed by atoms with Gasteiger partial charge in [0.15, 0.2) is 0 Å². The van der Waals surface area contributed by atoms with E-state index in [1.807, 2.05) is 18.2 Å². The third-order valence-electron chi connectivity index (χ3n) is 3.09. The van der Waals surface area contributed by atoms with Crippen LogP contribution in [0.4, 0.5) is 0 Å². The monoisotopic (exact) mass is 255 g/mol. The van der Waals surface area contributed by atoms with Crippen molar-refractivity contribution in [2.45, 2.75) is 25.8 Å². The predicted molar refractivity (Wildman–Crippen MR) is 79.0 cm³/mol. The Morgan fingerprint density at radius 3 is 2.63 bits per heavy atom. The number of hydrogen-bond acceptors (Lipinski definition) is 2. The van der Waals surface area contributed by atoms with Crippen LogP contribution >= 0.6 is 0 Å². The fraction of sp³-hybridized carbons (Fsp3) is 0.294. The summed E-state index contributed by atoms with van der Waals surface area (Å²) in [6.07, 6.45) is 3.65. The van der Waals surface area contributed by atoms with E-state index in [0.29, 0.717) is 0 Å². The maximum atomic E-state index is 5.50. The first-order chi connectivity index (χ1) is 9.25. The van der Waals surface area contributed by atoms with E-state index in [-0.39, 0.29) is 6.04 Å². The Morgan fingerprint density at radius 2 is 2.00 bits per heavy atom. The van der Waals surface area contributed by atoms with Crippen LogP contribution < -0.4 is 5.32 Å². The molecule has 19 heavy (non-hydrogen) atoms. The molecule has 1 aromatic heterocycles. The Kier molecular flexibility index (Phi) is 4.99. The molecule has 2 heteroatoms. The van der Waals surface area contributed by atoms with Crippen LogP contribution in [0.3, 0.4) is 0 Å². The number of nitrogens with one attached hydrogen (secondary N) is 1. The summed E-state index contributed by atoms with van der Waals surface area (Å²) < 4.78 is 5.50. The van der Waals surface area contributed by atoms with Crippen molar-refractivity contribution >= 4 is 0 Å². The summed E-state index contributed by atoms with van der Waals surface area (Å²) in [4.78, 5) is 0. The second-order valence-corrected chi connectivity index (χ2v) is 4.92. The molecule has 1 N–H and O–H groups in total. The van der Waals surface area contributed by atoms with Gasteiger partial charge in [0.1, 0.15) is 5.76 Å². The van der Waals surface area contributed by atoms with Crippen molar-refractivity contribution in [1.29, 1.82) is 0 Å². The number of benzene rings is 1. The van der Waals surface area contributed by atoms with Crippen molar-refractivity contribution in [1.82, 2.24) is 5.32 Å². The molecule has 0 fully saturated rings. The van der Waals surface area contributed by atoms with Crippen LogP contribution in [0.25, 0.3) is 0 Å². The zero-order valence-electron chi connectivity index (χ0n) is 11.4. The summed E-state index contributed by atoms with van der Waals surface area (Å²) in [7, 11) is 0. The van der Waals surface area contributed by atoms with Crippen LogP contribution in [0.15, 0.2) is 65.3 Å². The topological polar surface area (TPSA) is 25.2 Å². The van der Waals surface area contributed by atoms with Gasteiger partial charge >= 0.3 is 0 Å². The van der Waals surface area contributed by atoms with Gasteiger partial charge in [-0.05, 0) is 44.0 Å². The molecule has 0 aliphatic carbocycles. The maximum Gasteiger partial charge on any atom is 0.120 e. The van der Waals surface area contributed by atoms with E-state index in [1.165, 1.54) is 5.56 Å². The Bertz CT molecular complexity index is 487. The molecule has 0 aliphatic heterocycles. The van der Waals surface area contributed by atoms with Gasteiger partial charge in [0, 0.05) is 0 Å². The predicted octanol–water partition coefficient (Wildman–Crippen LogP) is 4.12. The van der Waals surface area contributed by atoms with Crippen molar-refractivity contribution in [2.75, 3.05) is 6.54 Å². The smallest absolute Gasteiger partial charge is 0.120 e. The summed E-state index contributed by atoms with van der Waals surface area (Å²) in [5.74, 6) is 0.982. The first-order valence-electron chi connectivity index (χ1n) is 6.71. The molecule has 0 saturated heterocycles. The normalized spacial score (nSPS) is 12.3. The van der Waals surface area contributed by atoms with E-state index in [1.54, 1.807) is 6.26 Å². The zero-order valence-corrected chi connectivity index (χ0v) is 11.4. The standard InChI is InChI=1S/C17H21NO/c1-14(2)13-16(17-9-6-12-19-17)18-11-10-15-7-4-3-5-8-15/h3-9,12,16,18H,1,10-11,13H2,2H3/t16-/m0/s1. The van der Waals surface area contributed by atoms with Gasteiger partial charge in [-0.2, -0.15) is 0 Å². The lowest BCUT2D eigenvalue weighted by atomic mass is 10.1. The first-order valence-corrected chi connectivity index (χ1v) is 6.71. The molecule has 0 bridgehead atoms. The average molecular weight is 255 g/mol. The van der Waals surface area contributed by atoms with Gasteiger partial charge in [0.05, 0.1) is 12.3 Å². The third kappa shape index (κ3) is 4.42. The van der Waals surface area contributed by atoms with Crippen molar-refractivity contribution in [3.8, 4) is 0 Å². The Hall–Kier alpha value is -1.80. The molecular formula is C17H21NO. The van der Waals surface area contributed by atoms with E-state index < -0.39 is 0 Å². The molecule has 1 aromatic carbocycles. The Labute approximate surface area is 115 Å². The van der Waals surface area contributed by atoms with Crippen molar-refractivity contribution in [3.63, 3.8) is 0 Å². The van der Waals surface area contributed by atoms with Gasteiger partial charge in [0.25, 0.3) is 0 Å². The molecule has 1 atom stereocenters. The average Bonchev–Trinajstić information content (AvgIpc) is 2.92. The van der Waals surface area contributed by atoms with E-state index >= 15 is 0 Å². The van der Waals surface area contributed by atoms with Crippen molar-refractivity contribution < 1.29 is 4.42 Å². The van der Waals surface area contributed by atoms with Gasteiger partial charge in [-0.1, -0.05) is 35.9 Å². The first kappa shape index (κ1) is 13.6. The highest BCUT2D eigenvalue weighted by Gasteiger charge is 2.13. The van der Waals surface area contributed by atoms with Crippen molar-refractivity contribution in [3.05, 3.63) is 72.2 Å². The largest absolute Gasteiger partial charge is 0.468 e. The summed E-state index contributed by atoms with van der Waals surface area (Å²) >= 11 is 0. The minimum Gasteiger partial charge on any atom is -0.468 e. The molecule has 1 heterocycles. The summed E-state index contributed by atoms with van der Waals surface area (Å²) in [5, 5.41) is 3.55. The number of hydrogen-bond donors (Lipinski definition) is 1. The minimum absolute atomic E-state index is 0.219. The Balaban J connectivity index is 1.88. The van der Waals surface area contributed by atoms with E-state index in [2.05, 4.69) is 43.1 Å². The van der Waals surface area contributed by atoms with Crippen molar-refractivity contribution in [2.24, 2.45) is 0 Å². The van der Waals surface area contributed by atoms with Crippen LogP contribution in [-0.4, -0.2) is 6.54 Å². The lowest BCUT2D eigenvalue weighted by Crippen LogP contribution is -2.23. The van der Waals surface area contributed by atoms with E-state index in [0.717, 1.165) is 30.7 Å². The van der Waals surface area contributed by atoms with Gasteiger partial charge in [0.2, 0.25) is 0 Å². The van der Waals surface area contributed by atoms with Gasteiger partial charge in [-0.15, -0.1) is 6.58 Å². The van der Waals surface area contributed by atoms with Crippen LogP contribution in [0.5, 0.6) is 0 Å². The molecular weight excluding hydrogens is 234 g/mol. The lowest BCUT2D eigenvalue weighted by Gasteiger charge is -2.16. The molecule has 2 nitrogen and oxygen atoms in total. The van der Waals surface area contributed by atoms with Crippen LogP contribution in [0.2, 0.25) is 0 Å². The fourth-order valence-electron chi connectivity index (χ4n) is 2.15. The summed E-state index contributed by atoms with van der Waals surface area (Å²) in [6.45, 7) is 6.97. The fourth-order valence-corrected chi connectivity index (χ4v) is 2.15. The van der Waals surface area contributed by atoms with E-state index in [9.17, 15) is 0 Å². The maximum absolute atomic E-state index is 5.50. The summed E-state index contributed by atoms with van der Waals surface area (Å²) in [5.41, 5.74) is 2.51. The number of rotatable bonds is 7.